The van der Waals surface area contributed by atoms with Crippen LogP contribution in [0.3, 0.4) is 0 Å². The first-order chi connectivity index (χ1) is 8.45. The van der Waals surface area contributed by atoms with Crippen LogP contribution in [-0.4, -0.2) is 6.16 Å². The van der Waals surface area contributed by atoms with Crippen LogP contribution in [0.5, 0.6) is 0 Å². The van der Waals surface area contributed by atoms with Gasteiger partial charge in [0.15, 0.2) is 0 Å². The van der Waals surface area contributed by atoms with E-state index >= 15 is 0 Å². The van der Waals surface area contributed by atoms with E-state index in [-0.39, 0.29) is 0 Å². The molecule has 0 spiro atoms. The molecule has 0 bridgehead atoms. The lowest BCUT2D eigenvalue weighted by atomic mass is 10.4. The number of hydrogen-bond acceptors (Lipinski definition) is 0. The molecule has 2 heteroatoms. The summed E-state index contributed by atoms with van der Waals surface area (Å²) < 4.78 is 0. The SMILES string of the molecule is [CH](CCPc1ccccc1)Pc1ccccc1. The van der Waals surface area contributed by atoms with Crippen molar-refractivity contribution < 1.29 is 0 Å². The summed E-state index contributed by atoms with van der Waals surface area (Å²) in [6.07, 6.45) is 4.93. The van der Waals surface area contributed by atoms with Gasteiger partial charge in [0, 0.05) is 0 Å². The Labute approximate surface area is 107 Å². The molecule has 17 heavy (non-hydrogen) atoms. The van der Waals surface area contributed by atoms with Gasteiger partial charge in [-0.1, -0.05) is 77.8 Å². The first-order valence-electron chi connectivity index (χ1n) is 5.87. The Kier molecular flexibility index (Phi) is 5.69. The van der Waals surface area contributed by atoms with Crippen LogP contribution in [0.4, 0.5) is 0 Å². The molecular formula is C15H17P2. The highest BCUT2D eigenvalue weighted by atomic mass is 31.1. The highest BCUT2D eigenvalue weighted by Gasteiger charge is 1.94. The Morgan fingerprint density at radius 2 is 1.35 bits per heavy atom. The predicted octanol–water partition coefficient (Wildman–Crippen LogP) is 3.55. The second-order valence-electron chi connectivity index (χ2n) is 3.80. The molecule has 2 atom stereocenters. The third kappa shape index (κ3) is 4.99. The molecule has 0 saturated carbocycles. The van der Waals surface area contributed by atoms with Crippen molar-refractivity contribution in [3.8, 4) is 0 Å². The van der Waals surface area contributed by atoms with Gasteiger partial charge >= 0.3 is 0 Å². The molecule has 2 unspecified atom stereocenters. The number of benzene rings is 2. The molecule has 87 valence electrons. The average Bonchev–Trinajstić information content (AvgIpc) is 2.41. The zero-order chi connectivity index (χ0) is 11.8. The van der Waals surface area contributed by atoms with Crippen LogP contribution >= 0.6 is 17.2 Å². The zero-order valence-corrected chi connectivity index (χ0v) is 11.8. The molecular weight excluding hydrogens is 242 g/mol. The molecule has 0 heterocycles. The van der Waals surface area contributed by atoms with Crippen molar-refractivity contribution in [2.45, 2.75) is 6.42 Å². The standard InChI is InChI=1S/C15H17P2/c1-3-8-14(9-4-1)16-12-7-13-17-15-10-5-2-6-11-15/h1-6,8-12,16-17H,7,13H2. The van der Waals surface area contributed by atoms with Crippen LogP contribution in [0.15, 0.2) is 60.7 Å². The van der Waals surface area contributed by atoms with E-state index in [2.05, 4.69) is 66.8 Å². The predicted molar refractivity (Wildman–Crippen MR) is 82.6 cm³/mol. The Bertz CT molecular complexity index is 370. The molecule has 1 radical (unpaired) electrons. The molecule has 0 aromatic heterocycles. The third-order valence-corrected chi connectivity index (χ3v) is 4.87. The summed E-state index contributed by atoms with van der Waals surface area (Å²) in [7, 11) is 1.80. The van der Waals surface area contributed by atoms with Gasteiger partial charge in [0.05, 0.1) is 0 Å². The van der Waals surface area contributed by atoms with E-state index in [1.54, 1.807) is 0 Å². The average molecular weight is 259 g/mol. The molecule has 0 nitrogen and oxygen atoms in total. The Morgan fingerprint density at radius 3 is 2.00 bits per heavy atom. The monoisotopic (exact) mass is 259 g/mol. The van der Waals surface area contributed by atoms with Gasteiger partial charge in [-0.2, -0.15) is 0 Å². The van der Waals surface area contributed by atoms with Crippen LogP contribution < -0.4 is 10.6 Å². The highest BCUT2D eigenvalue weighted by Crippen LogP contribution is 2.20. The van der Waals surface area contributed by atoms with Gasteiger partial charge in [0.1, 0.15) is 0 Å². The molecule has 2 aromatic carbocycles. The van der Waals surface area contributed by atoms with Crippen LogP contribution in [0.25, 0.3) is 0 Å². The number of rotatable bonds is 6. The molecule has 0 aliphatic rings. The maximum Gasteiger partial charge on any atom is -0.0124 e. The van der Waals surface area contributed by atoms with Gasteiger partial charge < -0.3 is 0 Å². The zero-order valence-electron chi connectivity index (χ0n) is 9.77. The van der Waals surface area contributed by atoms with Gasteiger partial charge in [0.2, 0.25) is 0 Å². The van der Waals surface area contributed by atoms with Crippen molar-refractivity contribution >= 4 is 27.8 Å². The minimum Gasteiger partial charge on any atom is -0.0904 e. The summed E-state index contributed by atoms with van der Waals surface area (Å²) >= 11 is 0. The molecule has 0 aliphatic carbocycles. The van der Waals surface area contributed by atoms with E-state index in [4.69, 9.17) is 0 Å². The van der Waals surface area contributed by atoms with E-state index in [9.17, 15) is 0 Å². The van der Waals surface area contributed by atoms with Crippen LogP contribution in [0, 0.1) is 6.16 Å². The van der Waals surface area contributed by atoms with Crippen molar-refractivity contribution in [1.29, 1.82) is 0 Å². The van der Waals surface area contributed by atoms with Crippen LogP contribution in [-0.2, 0) is 0 Å². The lowest BCUT2D eigenvalue weighted by Crippen LogP contribution is -1.94. The van der Waals surface area contributed by atoms with Crippen molar-refractivity contribution in [1.82, 2.24) is 0 Å². The smallest absolute Gasteiger partial charge is 0.0124 e. The second-order valence-corrected chi connectivity index (χ2v) is 6.50. The van der Waals surface area contributed by atoms with Crippen molar-refractivity contribution in [3.63, 3.8) is 0 Å². The maximum atomic E-state index is 2.42. The van der Waals surface area contributed by atoms with Crippen LogP contribution in [0.1, 0.15) is 6.42 Å². The molecule has 2 aromatic rings. The molecule has 0 N–H and O–H groups in total. The van der Waals surface area contributed by atoms with Gasteiger partial charge in [-0.25, -0.2) is 0 Å². The first kappa shape index (κ1) is 12.7. The summed E-state index contributed by atoms with van der Waals surface area (Å²) in [6, 6.07) is 21.5. The van der Waals surface area contributed by atoms with E-state index in [1.165, 1.54) is 23.2 Å². The highest BCUT2D eigenvalue weighted by molar-refractivity contribution is 7.49. The summed E-state index contributed by atoms with van der Waals surface area (Å²) in [5.74, 6) is 0. The van der Waals surface area contributed by atoms with Crippen molar-refractivity contribution in [2.24, 2.45) is 0 Å². The minimum atomic E-state index is 0.851. The van der Waals surface area contributed by atoms with Crippen molar-refractivity contribution in [2.75, 3.05) is 6.16 Å². The molecule has 2 rings (SSSR count). The van der Waals surface area contributed by atoms with E-state index in [0.29, 0.717) is 0 Å². The molecule has 0 aliphatic heterocycles. The minimum absolute atomic E-state index is 0.851. The summed E-state index contributed by atoms with van der Waals surface area (Å²) in [5, 5.41) is 2.92. The molecule has 0 saturated heterocycles. The summed E-state index contributed by atoms with van der Waals surface area (Å²) in [4.78, 5) is 0. The molecule has 0 amide bonds. The number of hydrogen-bond donors (Lipinski definition) is 0. The fourth-order valence-corrected chi connectivity index (χ4v) is 3.77. The van der Waals surface area contributed by atoms with Crippen LogP contribution in [0.2, 0.25) is 0 Å². The van der Waals surface area contributed by atoms with Gasteiger partial charge in [-0.3, -0.25) is 0 Å². The Morgan fingerprint density at radius 1 is 0.765 bits per heavy atom. The van der Waals surface area contributed by atoms with Gasteiger partial charge in [0.25, 0.3) is 0 Å². The van der Waals surface area contributed by atoms with E-state index < -0.39 is 0 Å². The Hall–Kier alpha value is -0.700. The lowest BCUT2D eigenvalue weighted by molar-refractivity contribution is 1.22. The van der Waals surface area contributed by atoms with Crippen molar-refractivity contribution in [3.05, 3.63) is 66.8 Å². The second kappa shape index (κ2) is 7.59. The van der Waals surface area contributed by atoms with Gasteiger partial charge in [-0.05, 0) is 29.4 Å². The van der Waals surface area contributed by atoms with E-state index in [0.717, 1.165) is 17.2 Å². The maximum absolute atomic E-state index is 2.42. The fraction of sp³-hybridized carbons (Fsp3) is 0.133. The van der Waals surface area contributed by atoms with Gasteiger partial charge in [-0.15, -0.1) is 0 Å². The first-order valence-corrected chi connectivity index (χ1v) is 8.16. The lowest BCUT2D eigenvalue weighted by Gasteiger charge is -2.02. The van der Waals surface area contributed by atoms with E-state index in [1.807, 2.05) is 0 Å². The Balaban J connectivity index is 1.61. The fourth-order valence-electron chi connectivity index (χ4n) is 1.57. The molecule has 0 fully saturated rings. The largest absolute Gasteiger partial charge is 0.0904 e. The topological polar surface area (TPSA) is 0 Å². The summed E-state index contributed by atoms with van der Waals surface area (Å²) in [5.41, 5.74) is 0. The normalized spacial score (nSPS) is 11.8. The quantitative estimate of drug-likeness (QED) is 0.550. The third-order valence-electron chi connectivity index (χ3n) is 2.43. The summed E-state index contributed by atoms with van der Waals surface area (Å²) in [6.45, 7) is 0.